The molecule has 0 radical (unpaired) electrons. The molecule has 0 unspecified atom stereocenters. The topological polar surface area (TPSA) is 91.5 Å². The van der Waals surface area contributed by atoms with E-state index in [4.69, 9.17) is 26.2 Å². The number of hydrogen-bond donors (Lipinski definition) is 1. The molecule has 6 nitrogen and oxygen atoms in total. The molecule has 0 aliphatic heterocycles. The third-order valence-corrected chi connectivity index (χ3v) is 2.79. The lowest BCUT2D eigenvalue weighted by molar-refractivity contribution is 0.361. The number of halogens is 1. The lowest BCUT2D eigenvalue weighted by Gasteiger charge is -2.10. The number of nitrogens with zero attached hydrogens (tertiary/aromatic N) is 1. The number of hydrogen-bond acceptors (Lipinski definition) is 5. The minimum absolute atomic E-state index is 0.0438. The summed E-state index contributed by atoms with van der Waals surface area (Å²) in [4.78, 5) is 3.32. The van der Waals surface area contributed by atoms with Crippen molar-refractivity contribution in [2.75, 3.05) is 14.2 Å². The Bertz CT molecular complexity index is 474. The number of primary sulfonamides is 1. The van der Waals surface area contributed by atoms with Gasteiger partial charge in [0.2, 0.25) is 15.9 Å². The number of ether oxygens (including phenoxy) is 2. The first-order valence-electron chi connectivity index (χ1n) is 3.71. The maximum absolute atomic E-state index is 11.3. The lowest BCUT2D eigenvalue weighted by atomic mass is 10.4. The van der Waals surface area contributed by atoms with E-state index in [0.29, 0.717) is 0 Å². The molecule has 8 heteroatoms. The number of sulfonamides is 1. The summed E-state index contributed by atoms with van der Waals surface area (Å²) in [6.45, 7) is 0. The molecule has 0 saturated heterocycles. The molecule has 0 spiro atoms. The number of methoxy groups -OCH3 is 2. The monoisotopic (exact) mass is 252 g/mol. The van der Waals surface area contributed by atoms with E-state index >= 15 is 0 Å². The lowest BCUT2D eigenvalue weighted by Crippen LogP contribution is -2.15. The summed E-state index contributed by atoms with van der Waals surface area (Å²) >= 11 is 5.70. The van der Waals surface area contributed by atoms with Crippen LogP contribution in [0.5, 0.6) is 11.6 Å². The molecule has 0 amide bonds. The minimum atomic E-state index is -4.01. The average molecular weight is 253 g/mol. The highest BCUT2D eigenvalue weighted by Crippen LogP contribution is 2.35. The fraction of sp³-hybridized carbons (Fsp3) is 0.286. The van der Waals surface area contributed by atoms with E-state index in [2.05, 4.69) is 4.98 Å². The smallest absolute Gasteiger partial charge is 0.247 e. The number of pyridine rings is 1. The van der Waals surface area contributed by atoms with Gasteiger partial charge in [-0.25, -0.2) is 18.5 Å². The van der Waals surface area contributed by atoms with Crippen LogP contribution in [0, 0.1) is 0 Å². The van der Waals surface area contributed by atoms with Gasteiger partial charge in [-0.05, 0) is 0 Å². The Labute approximate surface area is 92.0 Å². The predicted molar refractivity (Wildman–Crippen MR) is 53.7 cm³/mol. The van der Waals surface area contributed by atoms with Crippen LogP contribution in [0.25, 0.3) is 0 Å². The molecule has 15 heavy (non-hydrogen) atoms. The largest absolute Gasteiger partial charge is 0.493 e. The quantitative estimate of drug-likeness (QED) is 0.841. The Kier molecular flexibility index (Phi) is 3.38. The third kappa shape index (κ3) is 2.31. The Balaban J connectivity index is 3.63. The van der Waals surface area contributed by atoms with Crippen molar-refractivity contribution in [2.45, 2.75) is 4.90 Å². The highest BCUT2D eigenvalue weighted by atomic mass is 35.5. The fourth-order valence-electron chi connectivity index (χ4n) is 1.02. The first kappa shape index (κ1) is 12.0. The van der Waals surface area contributed by atoms with Crippen molar-refractivity contribution in [3.05, 3.63) is 11.2 Å². The standard InChI is InChI=1S/C7H9ClN2O4S/c1-13-5-4(8)3-10-7(14-2)6(5)15(9,11)12/h3H,1-2H3,(H2,9,11,12). The van der Waals surface area contributed by atoms with Crippen molar-refractivity contribution >= 4 is 21.6 Å². The first-order valence-corrected chi connectivity index (χ1v) is 5.63. The van der Waals surface area contributed by atoms with Crippen LogP contribution in [0.2, 0.25) is 5.02 Å². The minimum Gasteiger partial charge on any atom is -0.493 e. The average Bonchev–Trinajstić information content (AvgIpc) is 2.15. The van der Waals surface area contributed by atoms with Crippen LogP contribution in [-0.2, 0) is 10.0 Å². The van der Waals surface area contributed by atoms with Crippen LogP contribution in [0.3, 0.4) is 0 Å². The van der Waals surface area contributed by atoms with Crippen LogP contribution in [0.4, 0.5) is 0 Å². The molecule has 0 aromatic carbocycles. The zero-order valence-corrected chi connectivity index (χ0v) is 9.59. The Hall–Kier alpha value is -1.05. The zero-order chi connectivity index (χ0) is 11.6. The Morgan fingerprint density at radius 1 is 1.40 bits per heavy atom. The second kappa shape index (κ2) is 4.21. The van der Waals surface area contributed by atoms with Crippen molar-refractivity contribution in [1.29, 1.82) is 0 Å². The normalized spacial score (nSPS) is 11.2. The van der Waals surface area contributed by atoms with Crippen molar-refractivity contribution in [3.8, 4) is 11.6 Å². The molecule has 0 bridgehead atoms. The molecular weight excluding hydrogens is 244 g/mol. The van der Waals surface area contributed by atoms with Gasteiger partial charge < -0.3 is 9.47 Å². The zero-order valence-electron chi connectivity index (χ0n) is 8.02. The summed E-state index contributed by atoms with van der Waals surface area (Å²) in [6.07, 6.45) is 1.22. The maximum Gasteiger partial charge on any atom is 0.247 e. The van der Waals surface area contributed by atoms with Gasteiger partial charge in [0.1, 0.15) is 5.02 Å². The van der Waals surface area contributed by atoms with E-state index in [1.54, 1.807) is 0 Å². The molecule has 1 aromatic rings. The fourth-order valence-corrected chi connectivity index (χ4v) is 2.13. The van der Waals surface area contributed by atoms with Gasteiger partial charge in [0.25, 0.3) is 0 Å². The van der Waals surface area contributed by atoms with Gasteiger partial charge in [-0.3, -0.25) is 0 Å². The van der Waals surface area contributed by atoms with Gasteiger partial charge >= 0.3 is 0 Å². The summed E-state index contributed by atoms with van der Waals surface area (Å²) in [5.74, 6) is -0.232. The van der Waals surface area contributed by atoms with E-state index in [-0.39, 0.29) is 21.5 Å². The maximum atomic E-state index is 11.3. The molecule has 0 fully saturated rings. The second-order valence-corrected chi connectivity index (χ2v) is 4.43. The second-order valence-electron chi connectivity index (χ2n) is 2.52. The Morgan fingerprint density at radius 3 is 2.40 bits per heavy atom. The predicted octanol–water partition coefficient (Wildman–Crippen LogP) is 0.400. The molecule has 0 aliphatic carbocycles. The molecule has 0 aliphatic rings. The van der Waals surface area contributed by atoms with Gasteiger partial charge in [0, 0.05) is 0 Å². The Morgan fingerprint density at radius 2 is 2.00 bits per heavy atom. The molecule has 2 N–H and O–H groups in total. The SMILES string of the molecule is COc1ncc(Cl)c(OC)c1S(N)(=O)=O. The highest BCUT2D eigenvalue weighted by molar-refractivity contribution is 7.89. The summed E-state index contributed by atoms with van der Waals surface area (Å²) in [7, 11) is -1.47. The molecule has 84 valence electrons. The summed E-state index contributed by atoms with van der Waals surface area (Å²) in [5, 5.41) is 5.04. The highest BCUT2D eigenvalue weighted by Gasteiger charge is 2.24. The molecule has 0 saturated carbocycles. The van der Waals surface area contributed by atoms with E-state index in [9.17, 15) is 8.42 Å². The first-order chi connectivity index (χ1) is 6.91. The van der Waals surface area contributed by atoms with Crippen molar-refractivity contribution in [1.82, 2.24) is 4.98 Å². The number of nitrogens with two attached hydrogens (primary N) is 1. The number of rotatable bonds is 3. The van der Waals surface area contributed by atoms with Gasteiger partial charge in [0.15, 0.2) is 10.6 Å². The molecule has 1 heterocycles. The van der Waals surface area contributed by atoms with Crippen molar-refractivity contribution in [3.63, 3.8) is 0 Å². The van der Waals surface area contributed by atoms with E-state index < -0.39 is 10.0 Å². The number of aromatic nitrogens is 1. The molecule has 1 aromatic heterocycles. The summed E-state index contributed by atoms with van der Waals surface area (Å²) in [6, 6.07) is 0. The summed E-state index contributed by atoms with van der Waals surface area (Å²) in [5.41, 5.74) is 0. The van der Waals surface area contributed by atoms with E-state index in [1.807, 2.05) is 0 Å². The van der Waals surface area contributed by atoms with Crippen LogP contribution in [0.1, 0.15) is 0 Å². The van der Waals surface area contributed by atoms with Gasteiger partial charge in [-0.15, -0.1) is 0 Å². The van der Waals surface area contributed by atoms with Gasteiger partial charge in [-0.2, -0.15) is 0 Å². The molecule has 0 atom stereocenters. The summed E-state index contributed by atoms with van der Waals surface area (Å²) < 4.78 is 32.1. The van der Waals surface area contributed by atoms with Crippen LogP contribution < -0.4 is 14.6 Å². The van der Waals surface area contributed by atoms with Crippen LogP contribution in [0.15, 0.2) is 11.1 Å². The van der Waals surface area contributed by atoms with Gasteiger partial charge in [0.05, 0.1) is 20.4 Å². The van der Waals surface area contributed by atoms with Crippen molar-refractivity contribution < 1.29 is 17.9 Å². The van der Waals surface area contributed by atoms with Crippen LogP contribution in [-0.4, -0.2) is 27.6 Å². The van der Waals surface area contributed by atoms with Crippen molar-refractivity contribution in [2.24, 2.45) is 5.14 Å². The van der Waals surface area contributed by atoms with E-state index in [0.717, 1.165) is 0 Å². The van der Waals surface area contributed by atoms with Gasteiger partial charge in [-0.1, -0.05) is 11.6 Å². The molecule has 1 rings (SSSR count). The van der Waals surface area contributed by atoms with E-state index in [1.165, 1.54) is 20.4 Å². The third-order valence-electron chi connectivity index (χ3n) is 1.59. The molecular formula is C7H9ClN2O4S. The van der Waals surface area contributed by atoms with Crippen LogP contribution >= 0.6 is 11.6 Å².